The number of phenols is 3. The molecule has 0 saturated carbocycles. The van der Waals surface area contributed by atoms with Crippen molar-refractivity contribution in [2.24, 2.45) is 20.5 Å². The molecule has 2 amide bonds. The number of hydrogen-bond donors (Lipinski definition) is 6. The van der Waals surface area contributed by atoms with E-state index in [1.165, 1.54) is 61.7 Å². The first-order chi connectivity index (χ1) is 25.4. The molecule has 0 aromatic heterocycles. The average Bonchev–Trinajstić information content (AvgIpc) is 3.14. The maximum atomic E-state index is 13.2. The molecule has 0 bridgehead atoms. The van der Waals surface area contributed by atoms with Crippen LogP contribution in [0.1, 0.15) is 20.7 Å². The van der Waals surface area contributed by atoms with E-state index in [4.69, 9.17) is 4.74 Å². The topological polar surface area (TPSA) is 232 Å². The van der Waals surface area contributed by atoms with Gasteiger partial charge in [0.1, 0.15) is 39.2 Å². The molecule has 0 aliphatic heterocycles. The van der Waals surface area contributed by atoms with Crippen LogP contribution in [0.25, 0.3) is 10.8 Å². The zero-order chi connectivity index (χ0) is 37.7. The maximum absolute atomic E-state index is 13.2. The highest BCUT2D eigenvalue weighted by Gasteiger charge is 2.23. The van der Waals surface area contributed by atoms with E-state index in [0.29, 0.717) is 22.7 Å². The summed E-state index contributed by atoms with van der Waals surface area (Å²) in [7, 11) is -3.47. The minimum atomic E-state index is -4.89. The van der Waals surface area contributed by atoms with Gasteiger partial charge in [0.25, 0.3) is 21.9 Å². The van der Waals surface area contributed by atoms with Crippen LogP contribution in [0.4, 0.5) is 34.1 Å². The first-order valence-electron chi connectivity index (χ1n) is 15.5. The van der Waals surface area contributed by atoms with Crippen LogP contribution in [0.15, 0.2) is 141 Å². The molecule has 15 nitrogen and oxygen atoms in total. The Morgan fingerprint density at radius 3 is 2.08 bits per heavy atom. The molecule has 0 fully saturated rings. The summed E-state index contributed by atoms with van der Waals surface area (Å²) >= 11 is 0. The van der Waals surface area contributed by atoms with Gasteiger partial charge in [-0.2, -0.15) is 13.5 Å². The number of aromatic hydroxyl groups is 3. The molecule has 6 rings (SSSR count). The largest absolute Gasteiger partial charge is 0.508 e. The summed E-state index contributed by atoms with van der Waals surface area (Å²) in [6.07, 6.45) is 0. The number of carbonyl (C=O) groups excluding carboxylic acids is 2. The minimum absolute atomic E-state index is 0.116. The summed E-state index contributed by atoms with van der Waals surface area (Å²) in [6, 6.07) is 28.2. The van der Waals surface area contributed by atoms with Crippen LogP contribution in [0, 0.1) is 0 Å². The summed E-state index contributed by atoms with van der Waals surface area (Å²) in [4.78, 5) is 25.5. The van der Waals surface area contributed by atoms with Gasteiger partial charge in [0.2, 0.25) is 0 Å². The molecule has 0 atom stereocenters. The molecule has 0 aliphatic carbocycles. The Labute approximate surface area is 301 Å². The fraction of sp³-hybridized carbons (Fsp3) is 0.0270. The highest BCUT2D eigenvalue weighted by Crippen LogP contribution is 2.42. The summed E-state index contributed by atoms with van der Waals surface area (Å²) in [5.74, 6) is -1.60. The van der Waals surface area contributed by atoms with Gasteiger partial charge in [0, 0.05) is 34.0 Å². The smallest absolute Gasteiger partial charge is 0.296 e. The van der Waals surface area contributed by atoms with Gasteiger partial charge in [-0.1, -0.05) is 18.2 Å². The van der Waals surface area contributed by atoms with Crippen LogP contribution < -0.4 is 15.4 Å². The molecule has 6 aromatic carbocycles. The second-order valence-corrected chi connectivity index (χ2v) is 12.7. The molecular weight excluding hydrogens is 705 g/mol. The van der Waals surface area contributed by atoms with Crippen molar-refractivity contribution in [2.45, 2.75) is 4.90 Å². The van der Waals surface area contributed by atoms with E-state index in [2.05, 4.69) is 31.1 Å². The lowest BCUT2D eigenvalue weighted by molar-refractivity contribution is 0.101. The fourth-order valence-electron chi connectivity index (χ4n) is 5.07. The molecule has 0 saturated heterocycles. The van der Waals surface area contributed by atoms with Crippen molar-refractivity contribution in [1.29, 1.82) is 0 Å². The van der Waals surface area contributed by atoms with Gasteiger partial charge in [-0.15, -0.1) is 15.3 Å². The number of rotatable bonds is 10. The number of benzene rings is 6. The lowest BCUT2D eigenvalue weighted by atomic mass is 10.1. The van der Waals surface area contributed by atoms with Crippen molar-refractivity contribution in [3.05, 3.63) is 126 Å². The Bertz CT molecular complexity index is 2560. The molecule has 6 N–H and O–H groups in total. The second-order valence-electron chi connectivity index (χ2n) is 11.3. The molecule has 16 heteroatoms. The van der Waals surface area contributed by atoms with Crippen LogP contribution in [0.2, 0.25) is 0 Å². The third-order valence-electron chi connectivity index (χ3n) is 7.67. The average molecular weight is 733 g/mol. The van der Waals surface area contributed by atoms with E-state index in [9.17, 15) is 37.9 Å². The number of methoxy groups -OCH3 is 1. The maximum Gasteiger partial charge on any atom is 0.296 e. The van der Waals surface area contributed by atoms with Crippen LogP contribution in [-0.4, -0.2) is 47.2 Å². The van der Waals surface area contributed by atoms with Crippen molar-refractivity contribution in [2.75, 3.05) is 17.7 Å². The molecule has 266 valence electrons. The van der Waals surface area contributed by atoms with Crippen molar-refractivity contribution in [1.82, 2.24) is 0 Å². The molecule has 0 heterocycles. The molecule has 0 spiro atoms. The van der Waals surface area contributed by atoms with Crippen LogP contribution in [0.3, 0.4) is 0 Å². The number of ether oxygens (including phenoxy) is 1. The van der Waals surface area contributed by atoms with Crippen molar-refractivity contribution < 1.29 is 42.6 Å². The van der Waals surface area contributed by atoms with Gasteiger partial charge in [0.05, 0.1) is 12.8 Å². The van der Waals surface area contributed by atoms with Crippen molar-refractivity contribution >= 4 is 66.8 Å². The molecular formula is C37H28N6O9S. The van der Waals surface area contributed by atoms with Gasteiger partial charge < -0.3 is 30.7 Å². The summed E-state index contributed by atoms with van der Waals surface area (Å²) < 4.78 is 39.9. The zero-order valence-corrected chi connectivity index (χ0v) is 28.3. The summed E-state index contributed by atoms with van der Waals surface area (Å²) in [5.41, 5.74) is 1.35. The van der Waals surface area contributed by atoms with E-state index in [1.807, 2.05) is 0 Å². The first kappa shape index (κ1) is 35.6. The number of fused-ring (bicyclic) bond motifs is 1. The Hall–Kier alpha value is -7.17. The number of azo groups is 2. The number of hydrogen-bond acceptors (Lipinski definition) is 12. The quantitative estimate of drug-likeness (QED) is 0.0584. The number of amides is 2. The standard InChI is InChI=1S/C37H28N6O9S/c1-52-32-8-3-2-7-30(32)42-43-34-33(53(49,50)51)19-23-18-26(13-15-28(23)35(34)46)39-37(48)22-5-4-6-25(17-22)38-36(47)21-9-11-24(12-10-21)40-41-29-16-14-27(44)20-31(29)45/h2-20,44-46H,1H3,(H,38,47)(H,39,48)(H,49,50,51). The van der Waals surface area contributed by atoms with Crippen LogP contribution >= 0.6 is 0 Å². The molecule has 0 unspecified atom stereocenters. The Morgan fingerprint density at radius 2 is 1.36 bits per heavy atom. The van der Waals surface area contributed by atoms with Crippen LogP contribution in [0.5, 0.6) is 23.0 Å². The van der Waals surface area contributed by atoms with Gasteiger partial charge in [0.15, 0.2) is 5.75 Å². The lowest BCUT2D eigenvalue weighted by Gasteiger charge is -2.12. The van der Waals surface area contributed by atoms with Gasteiger partial charge in [-0.25, -0.2) is 0 Å². The highest BCUT2D eigenvalue weighted by molar-refractivity contribution is 7.86. The predicted octanol–water partition coefficient (Wildman–Crippen LogP) is 8.55. The molecule has 53 heavy (non-hydrogen) atoms. The number of phenolic OH excluding ortho intramolecular Hbond substituents is 3. The van der Waals surface area contributed by atoms with E-state index in [-0.39, 0.29) is 44.9 Å². The van der Waals surface area contributed by atoms with Crippen LogP contribution in [-0.2, 0) is 10.1 Å². The normalized spacial score (nSPS) is 11.6. The first-order valence-corrected chi connectivity index (χ1v) is 16.9. The Kier molecular flexibility index (Phi) is 10.1. The monoisotopic (exact) mass is 732 g/mol. The number of anilines is 2. The zero-order valence-electron chi connectivity index (χ0n) is 27.5. The number of nitrogens with zero attached hydrogens (tertiary/aromatic N) is 4. The number of para-hydroxylation sites is 1. The third kappa shape index (κ3) is 8.25. The van der Waals surface area contributed by atoms with Gasteiger partial charge in [-0.3, -0.25) is 14.1 Å². The molecule has 0 radical (unpaired) electrons. The van der Waals surface area contributed by atoms with Crippen molar-refractivity contribution in [3.8, 4) is 23.0 Å². The third-order valence-corrected chi connectivity index (χ3v) is 8.54. The number of carbonyl (C=O) groups is 2. The van der Waals surface area contributed by atoms with E-state index in [1.54, 1.807) is 48.5 Å². The molecule has 6 aromatic rings. The Morgan fingerprint density at radius 1 is 0.660 bits per heavy atom. The SMILES string of the molecule is COc1ccccc1N=Nc1c(S(=O)(=O)O)cc2cc(NC(=O)c3cccc(NC(=O)c4ccc(N=Nc5ccc(O)cc5O)cc4)c3)ccc2c1O. The summed E-state index contributed by atoms with van der Waals surface area (Å²) in [6.45, 7) is 0. The van der Waals surface area contributed by atoms with E-state index in [0.717, 1.165) is 12.1 Å². The van der Waals surface area contributed by atoms with Crippen molar-refractivity contribution in [3.63, 3.8) is 0 Å². The number of nitrogens with one attached hydrogen (secondary N) is 2. The predicted molar refractivity (Wildman–Crippen MR) is 195 cm³/mol. The second kappa shape index (κ2) is 15.0. The van der Waals surface area contributed by atoms with E-state index >= 15 is 0 Å². The Balaban J connectivity index is 1.17. The molecule has 0 aliphatic rings. The highest BCUT2D eigenvalue weighted by atomic mass is 32.2. The fourth-order valence-corrected chi connectivity index (χ4v) is 5.73. The van der Waals surface area contributed by atoms with E-state index < -0.39 is 38.3 Å². The minimum Gasteiger partial charge on any atom is -0.508 e. The lowest BCUT2D eigenvalue weighted by Crippen LogP contribution is -2.14. The summed E-state index contributed by atoms with van der Waals surface area (Å²) in [5, 5.41) is 52.0. The van der Waals surface area contributed by atoms with Gasteiger partial charge >= 0.3 is 0 Å². The van der Waals surface area contributed by atoms with Gasteiger partial charge in [-0.05, 0) is 96.4 Å².